The normalized spacial score (nSPS) is 18.2. The van der Waals surface area contributed by atoms with E-state index >= 15 is 0 Å². The lowest BCUT2D eigenvalue weighted by molar-refractivity contribution is -0.00961. The molecular weight excluding hydrogens is 354 g/mol. The number of hydrogen-bond donors (Lipinski definition) is 3. The average molecular weight is 373 g/mol. The molecule has 136 valence electrons. The van der Waals surface area contributed by atoms with Gasteiger partial charge in [-0.1, -0.05) is 30.3 Å². The van der Waals surface area contributed by atoms with Gasteiger partial charge in [0.25, 0.3) is 0 Å². The Labute approximate surface area is 150 Å². The molecule has 3 aromatic rings. The van der Waals surface area contributed by atoms with E-state index in [9.17, 15) is 18.3 Å². The molecule has 0 radical (unpaired) electrons. The van der Waals surface area contributed by atoms with Gasteiger partial charge in [-0.05, 0) is 36.6 Å². The molecule has 2 heterocycles. The Hall–Kier alpha value is -2.42. The van der Waals surface area contributed by atoms with Crippen LogP contribution in [0.25, 0.3) is 11.0 Å². The van der Waals surface area contributed by atoms with E-state index in [0.717, 1.165) is 5.56 Å². The second-order valence-electron chi connectivity index (χ2n) is 6.59. The first kappa shape index (κ1) is 17.0. The van der Waals surface area contributed by atoms with Gasteiger partial charge in [-0.25, -0.2) is 13.2 Å². The predicted molar refractivity (Wildman–Crippen MR) is 97.3 cm³/mol. The average Bonchev–Trinajstić information content (AvgIpc) is 3.02. The summed E-state index contributed by atoms with van der Waals surface area (Å²) in [6.07, 6.45) is 0.666. The fraction of sp³-hybridized carbons (Fsp3) is 0.278. The van der Waals surface area contributed by atoms with Crippen LogP contribution < -0.4 is 5.69 Å². The first-order chi connectivity index (χ1) is 12.4. The van der Waals surface area contributed by atoms with E-state index in [1.54, 1.807) is 6.07 Å². The zero-order chi connectivity index (χ0) is 18.4. The summed E-state index contributed by atoms with van der Waals surface area (Å²) in [5.74, 6) is 0. The highest BCUT2D eigenvalue weighted by molar-refractivity contribution is 7.89. The molecule has 0 saturated carbocycles. The topological polar surface area (TPSA) is 106 Å². The molecule has 0 aliphatic carbocycles. The highest BCUT2D eigenvalue weighted by atomic mass is 32.2. The van der Waals surface area contributed by atoms with E-state index in [4.69, 9.17) is 0 Å². The van der Waals surface area contributed by atoms with Gasteiger partial charge in [0, 0.05) is 13.1 Å². The van der Waals surface area contributed by atoms with E-state index in [1.807, 2.05) is 30.3 Å². The van der Waals surface area contributed by atoms with Crippen molar-refractivity contribution in [1.29, 1.82) is 0 Å². The number of aliphatic hydroxyl groups is 1. The minimum absolute atomic E-state index is 0.130. The van der Waals surface area contributed by atoms with Gasteiger partial charge < -0.3 is 15.1 Å². The number of H-pyrrole nitrogens is 2. The number of aromatic nitrogens is 2. The standard InChI is InChI=1S/C18H19N3O4S/c22-17-19-15-7-6-14(12-16(15)20-17)26(24,25)21-10-8-18(23,9-11-21)13-4-2-1-3-5-13/h1-7,12,23H,8-11H2,(H2,19,20,22). The van der Waals surface area contributed by atoms with Gasteiger partial charge in [-0.15, -0.1) is 0 Å². The zero-order valence-electron chi connectivity index (χ0n) is 14.0. The van der Waals surface area contributed by atoms with Gasteiger partial charge in [-0.3, -0.25) is 0 Å². The Balaban J connectivity index is 1.58. The van der Waals surface area contributed by atoms with Crippen LogP contribution in [0.2, 0.25) is 0 Å². The zero-order valence-corrected chi connectivity index (χ0v) is 14.8. The second kappa shape index (κ2) is 6.08. The van der Waals surface area contributed by atoms with Crippen molar-refractivity contribution in [1.82, 2.24) is 14.3 Å². The van der Waals surface area contributed by atoms with Crippen molar-refractivity contribution < 1.29 is 13.5 Å². The van der Waals surface area contributed by atoms with Crippen molar-refractivity contribution in [2.45, 2.75) is 23.3 Å². The molecule has 0 unspecified atom stereocenters. The molecule has 4 rings (SSSR count). The fourth-order valence-electron chi connectivity index (χ4n) is 3.45. The molecule has 7 nitrogen and oxygen atoms in total. The van der Waals surface area contributed by atoms with Gasteiger partial charge in [0.2, 0.25) is 10.0 Å². The molecule has 1 aliphatic heterocycles. The Morgan fingerprint density at radius 1 is 0.962 bits per heavy atom. The van der Waals surface area contributed by atoms with Crippen LogP contribution in [0.15, 0.2) is 58.2 Å². The number of imidazole rings is 1. The van der Waals surface area contributed by atoms with E-state index in [0.29, 0.717) is 23.9 Å². The summed E-state index contributed by atoms with van der Waals surface area (Å²) in [4.78, 5) is 16.7. The van der Waals surface area contributed by atoms with E-state index in [-0.39, 0.29) is 23.7 Å². The largest absolute Gasteiger partial charge is 0.385 e. The van der Waals surface area contributed by atoms with Crippen molar-refractivity contribution in [3.05, 3.63) is 64.6 Å². The molecule has 0 atom stereocenters. The number of rotatable bonds is 3. The SMILES string of the molecule is O=c1[nH]c2ccc(S(=O)(=O)N3CCC(O)(c4ccccc4)CC3)cc2[nH]1. The number of nitrogens with zero attached hydrogens (tertiary/aromatic N) is 1. The summed E-state index contributed by atoms with van der Waals surface area (Å²) >= 11 is 0. The smallest absolute Gasteiger partial charge is 0.323 e. The molecule has 26 heavy (non-hydrogen) atoms. The van der Waals surface area contributed by atoms with Gasteiger partial charge in [0.15, 0.2) is 0 Å². The number of piperidine rings is 1. The van der Waals surface area contributed by atoms with E-state index < -0.39 is 15.6 Å². The number of nitrogens with one attached hydrogen (secondary N) is 2. The molecule has 1 aromatic heterocycles. The highest BCUT2D eigenvalue weighted by Crippen LogP contribution is 2.34. The summed E-state index contributed by atoms with van der Waals surface area (Å²) in [5, 5.41) is 10.9. The fourth-order valence-corrected chi connectivity index (χ4v) is 4.92. The summed E-state index contributed by atoms with van der Waals surface area (Å²) in [7, 11) is -3.69. The highest BCUT2D eigenvalue weighted by Gasteiger charge is 2.38. The Morgan fingerprint density at radius 2 is 1.62 bits per heavy atom. The van der Waals surface area contributed by atoms with Crippen LogP contribution >= 0.6 is 0 Å². The van der Waals surface area contributed by atoms with Gasteiger partial charge >= 0.3 is 5.69 Å². The lowest BCUT2D eigenvalue weighted by Crippen LogP contribution is -2.45. The minimum atomic E-state index is -3.69. The van der Waals surface area contributed by atoms with Crippen molar-refractivity contribution >= 4 is 21.1 Å². The quantitative estimate of drug-likeness (QED) is 0.647. The molecule has 3 N–H and O–H groups in total. The number of sulfonamides is 1. The molecule has 1 saturated heterocycles. The van der Waals surface area contributed by atoms with Crippen LogP contribution in [-0.4, -0.2) is 40.9 Å². The van der Waals surface area contributed by atoms with Crippen molar-refractivity contribution in [3.8, 4) is 0 Å². The van der Waals surface area contributed by atoms with Gasteiger partial charge in [0.1, 0.15) is 0 Å². The summed E-state index contributed by atoms with van der Waals surface area (Å²) in [6.45, 7) is 0.463. The molecule has 8 heteroatoms. The van der Waals surface area contributed by atoms with Crippen LogP contribution in [0.4, 0.5) is 0 Å². The Kier molecular flexibility index (Phi) is 3.98. The molecular formula is C18H19N3O4S. The maximum absolute atomic E-state index is 12.9. The van der Waals surface area contributed by atoms with Crippen molar-refractivity contribution in [2.75, 3.05) is 13.1 Å². The Bertz CT molecular complexity index is 1090. The molecule has 0 spiro atoms. The van der Waals surface area contributed by atoms with Gasteiger partial charge in [0.05, 0.1) is 21.5 Å². The number of benzene rings is 2. The number of aromatic amines is 2. The van der Waals surface area contributed by atoms with Crippen LogP contribution in [0.3, 0.4) is 0 Å². The summed E-state index contributed by atoms with van der Waals surface area (Å²) < 4.78 is 27.2. The lowest BCUT2D eigenvalue weighted by Gasteiger charge is -2.37. The second-order valence-corrected chi connectivity index (χ2v) is 8.53. The molecule has 1 fully saturated rings. The number of hydrogen-bond acceptors (Lipinski definition) is 4. The van der Waals surface area contributed by atoms with Crippen molar-refractivity contribution in [3.63, 3.8) is 0 Å². The van der Waals surface area contributed by atoms with Crippen molar-refractivity contribution in [2.24, 2.45) is 0 Å². The monoisotopic (exact) mass is 373 g/mol. The van der Waals surface area contributed by atoms with Crippen LogP contribution in [-0.2, 0) is 15.6 Å². The number of fused-ring (bicyclic) bond motifs is 1. The third-order valence-corrected chi connectivity index (χ3v) is 6.88. The summed E-state index contributed by atoms with van der Waals surface area (Å²) in [5.41, 5.74) is 0.437. The molecule has 1 aliphatic rings. The van der Waals surface area contributed by atoms with Gasteiger partial charge in [-0.2, -0.15) is 4.31 Å². The Morgan fingerprint density at radius 3 is 2.31 bits per heavy atom. The molecule has 0 amide bonds. The van der Waals surface area contributed by atoms with E-state index in [1.165, 1.54) is 16.4 Å². The van der Waals surface area contributed by atoms with Crippen LogP contribution in [0.1, 0.15) is 18.4 Å². The van der Waals surface area contributed by atoms with Crippen LogP contribution in [0, 0.1) is 0 Å². The van der Waals surface area contributed by atoms with E-state index in [2.05, 4.69) is 9.97 Å². The maximum atomic E-state index is 12.9. The lowest BCUT2D eigenvalue weighted by atomic mass is 9.85. The third kappa shape index (κ3) is 2.86. The summed E-state index contributed by atoms with van der Waals surface area (Å²) in [6, 6.07) is 13.9. The minimum Gasteiger partial charge on any atom is -0.385 e. The molecule has 2 aromatic carbocycles. The predicted octanol–water partition coefficient (Wildman–Crippen LogP) is 1.53. The first-order valence-corrected chi connectivity index (χ1v) is 9.83. The maximum Gasteiger partial charge on any atom is 0.323 e. The first-order valence-electron chi connectivity index (χ1n) is 8.39. The third-order valence-electron chi connectivity index (χ3n) is 4.99. The molecule has 0 bridgehead atoms. The van der Waals surface area contributed by atoms with Crippen LogP contribution in [0.5, 0.6) is 0 Å².